The van der Waals surface area contributed by atoms with Gasteiger partial charge in [-0.25, -0.2) is 0 Å². The lowest BCUT2D eigenvalue weighted by Crippen LogP contribution is -2.58. The molecule has 1 heterocycles. The second-order valence-corrected chi connectivity index (χ2v) is 5.43. The zero-order chi connectivity index (χ0) is 14.0. The number of piperazine rings is 1. The first kappa shape index (κ1) is 13.7. The number of carboxylic acids is 1. The average Bonchev–Trinajstić information content (AvgIpc) is 2.39. The molecule has 0 bridgehead atoms. The summed E-state index contributed by atoms with van der Waals surface area (Å²) in [4.78, 5) is 15.5. The number of hydrogen-bond donors (Lipinski definition) is 2. The van der Waals surface area contributed by atoms with Gasteiger partial charge < -0.3 is 15.7 Å². The molecule has 0 aliphatic carbocycles. The molecule has 0 saturated carbocycles. The molecule has 0 radical (unpaired) electrons. The van der Waals surface area contributed by atoms with E-state index in [0.29, 0.717) is 0 Å². The van der Waals surface area contributed by atoms with Crippen LogP contribution in [0.5, 0.6) is 0 Å². The predicted molar refractivity (Wildman–Crippen MR) is 76.4 cm³/mol. The van der Waals surface area contributed by atoms with Crippen molar-refractivity contribution in [3.63, 3.8) is 0 Å². The topological polar surface area (TPSA) is 69.8 Å². The molecule has 1 saturated heterocycles. The highest BCUT2D eigenvalue weighted by atomic mass is 16.4. The van der Waals surface area contributed by atoms with E-state index < -0.39 is 11.5 Å². The largest absolute Gasteiger partial charge is 0.480 e. The van der Waals surface area contributed by atoms with Crippen molar-refractivity contribution < 1.29 is 9.90 Å². The summed E-state index contributed by atoms with van der Waals surface area (Å²) in [6.07, 6.45) is 0. The van der Waals surface area contributed by atoms with Gasteiger partial charge in [0.15, 0.2) is 0 Å². The van der Waals surface area contributed by atoms with E-state index in [1.807, 2.05) is 29.2 Å². The molecule has 3 N–H and O–H groups in total. The van der Waals surface area contributed by atoms with Gasteiger partial charge in [0.1, 0.15) is 5.54 Å². The predicted octanol–water partition coefficient (Wildman–Crippen LogP) is 1.25. The van der Waals surface area contributed by atoms with Crippen LogP contribution in [0, 0.1) is 0 Å². The Balaban J connectivity index is 1.99. The number of rotatable bonds is 3. The molecule has 1 aromatic rings. The Labute approximate surface area is 113 Å². The van der Waals surface area contributed by atoms with Crippen LogP contribution in [0.4, 0.5) is 11.4 Å². The van der Waals surface area contributed by atoms with E-state index in [1.165, 1.54) is 0 Å². The maximum Gasteiger partial charge on any atom is 0.323 e. The highest BCUT2D eigenvalue weighted by molar-refractivity contribution is 5.77. The van der Waals surface area contributed by atoms with Gasteiger partial charge in [0.25, 0.3) is 0 Å². The van der Waals surface area contributed by atoms with Crippen LogP contribution >= 0.6 is 0 Å². The lowest BCUT2D eigenvalue weighted by molar-refractivity contribution is -0.149. The minimum absolute atomic E-state index is 0.754. The van der Waals surface area contributed by atoms with Crippen LogP contribution in [0.1, 0.15) is 13.8 Å². The smallest absolute Gasteiger partial charge is 0.323 e. The van der Waals surface area contributed by atoms with Crippen molar-refractivity contribution in [2.24, 2.45) is 0 Å². The molecule has 5 heteroatoms. The molecule has 2 rings (SSSR count). The Morgan fingerprint density at radius 2 is 1.68 bits per heavy atom. The minimum atomic E-state index is -0.798. The van der Waals surface area contributed by atoms with E-state index in [1.54, 1.807) is 13.8 Å². The van der Waals surface area contributed by atoms with E-state index in [4.69, 9.17) is 5.73 Å². The Morgan fingerprint density at radius 3 is 2.16 bits per heavy atom. The Hall–Kier alpha value is -1.75. The summed E-state index contributed by atoms with van der Waals surface area (Å²) in [6, 6.07) is 7.80. The molecule has 5 nitrogen and oxygen atoms in total. The number of nitrogen functional groups attached to an aromatic ring is 1. The number of carbonyl (C=O) groups is 1. The van der Waals surface area contributed by atoms with E-state index in [9.17, 15) is 9.90 Å². The monoisotopic (exact) mass is 263 g/mol. The molecule has 0 amide bonds. The number of nitrogens with two attached hydrogens (primary N) is 1. The van der Waals surface area contributed by atoms with Crippen LogP contribution in [-0.4, -0.2) is 47.7 Å². The summed E-state index contributed by atoms with van der Waals surface area (Å²) in [7, 11) is 0. The summed E-state index contributed by atoms with van der Waals surface area (Å²) in [5.41, 5.74) is 6.78. The molecule has 0 unspecified atom stereocenters. The first-order chi connectivity index (χ1) is 8.91. The van der Waals surface area contributed by atoms with E-state index >= 15 is 0 Å². The van der Waals surface area contributed by atoms with Crippen LogP contribution in [0.3, 0.4) is 0 Å². The molecule has 1 aromatic carbocycles. The van der Waals surface area contributed by atoms with Gasteiger partial charge in [-0.1, -0.05) is 0 Å². The Bertz CT molecular complexity index is 448. The van der Waals surface area contributed by atoms with Crippen molar-refractivity contribution in [3.8, 4) is 0 Å². The molecule has 0 atom stereocenters. The summed E-state index contributed by atoms with van der Waals surface area (Å²) in [6.45, 7) is 6.69. The van der Waals surface area contributed by atoms with Crippen LogP contribution in [0.2, 0.25) is 0 Å². The van der Waals surface area contributed by atoms with Gasteiger partial charge in [0.05, 0.1) is 0 Å². The fraction of sp³-hybridized carbons (Fsp3) is 0.500. The second kappa shape index (κ2) is 5.09. The zero-order valence-corrected chi connectivity index (χ0v) is 11.5. The van der Waals surface area contributed by atoms with Crippen molar-refractivity contribution >= 4 is 17.3 Å². The van der Waals surface area contributed by atoms with Crippen molar-refractivity contribution in [2.45, 2.75) is 19.4 Å². The highest BCUT2D eigenvalue weighted by Crippen LogP contribution is 2.22. The van der Waals surface area contributed by atoms with Gasteiger partial charge >= 0.3 is 5.97 Å². The SMILES string of the molecule is CC(C)(C(=O)O)N1CCN(c2ccc(N)cc2)CC1. The van der Waals surface area contributed by atoms with Crippen LogP contribution in [0.15, 0.2) is 24.3 Å². The van der Waals surface area contributed by atoms with E-state index in [2.05, 4.69) is 4.90 Å². The number of anilines is 2. The fourth-order valence-corrected chi connectivity index (χ4v) is 2.34. The molecule has 0 aromatic heterocycles. The van der Waals surface area contributed by atoms with Crippen LogP contribution in [-0.2, 0) is 4.79 Å². The maximum atomic E-state index is 11.2. The number of hydrogen-bond acceptors (Lipinski definition) is 4. The Kier molecular flexibility index (Phi) is 3.66. The van der Waals surface area contributed by atoms with Crippen molar-refractivity contribution in [1.29, 1.82) is 0 Å². The molecular weight excluding hydrogens is 242 g/mol. The molecule has 19 heavy (non-hydrogen) atoms. The molecular formula is C14H21N3O2. The molecule has 1 aliphatic heterocycles. The van der Waals surface area contributed by atoms with Gasteiger partial charge in [0.2, 0.25) is 0 Å². The third kappa shape index (κ3) is 2.81. The highest BCUT2D eigenvalue weighted by Gasteiger charge is 2.36. The van der Waals surface area contributed by atoms with Gasteiger partial charge in [0, 0.05) is 37.6 Å². The standard InChI is InChI=1S/C14H21N3O2/c1-14(2,13(18)19)17-9-7-16(8-10-17)12-5-3-11(15)4-6-12/h3-6H,7-10,15H2,1-2H3,(H,18,19). The third-order valence-electron chi connectivity index (χ3n) is 3.85. The van der Waals surface area contributed by atoms with E-state index in [0.717, 1.165) is 37.6 Å². The quantitative estimate of drug-likeness (QED) is 0.803. The number of carboxylic acid groups (broad SMARTS) is 1. The van der Waals surface area contributed by atoms with Gasteiger partial charge in [-0.05, 0) is 38.1 Å². The fourth-order valence-electron chi connectivity index (χ4n) is 2.34. The molecule has 0 spiro atoms. The number of benzene rings is 1. The lowest BCUT2D eigenvalue weighted by atomic mass is 10.0. The number of aliphatic carboxylic acids is 1. The summed E-state index contributed by atoms with van der Waals surface area (Å²) < 4.78 is 0. The zero-order valence-electron chi connectivity index (χ0n) is 11.5. The molecule has 1 fully saturated rings. The third-order valence-corrected chi connectivity index (χ3v) is 3.85. The maximum absolute atomic E-state index is 11.2. The van der Waals surface area contributed by atoms with Gasteiger partial charge in [-0.2, -0.15) is 0 Å². The normalized spacial score (nSPS) is 17.5. The summed E-state index contributed by atoms with van der Waals surface area (Å²) >= 11 is 0. The van der Waals surface area contributed by atoms with Crippen molar-refractivity contribution in [1.82, 2.24) is 4.90 Å². The number of nitrogens with zero attached hydrogens (tertiary/aromatic N) is 2. The van der Waals surface area contributed by atoms with Crippen molar-refractivity contribution in [2.75, 3.05) is 36.8 Å². The minimum Gasteiger partial charge on any atom is -0.480 e. The molecule has 104 valence electrons. The first-order valence-electron chi connectivity index (χ1n) is 6.50. The Morgan fingerprint density at radius 1 is 1.16 bits per heavy atom. The molecule has 1 aliphatic rings. The summed E-state index contributed by atoms with van der Waals surface area (Å²) in [5, 5.41) is 9.24. The van der Waals surface area contributed by atoms with Gasteiger partial charge in [-0.15, -0.1) is 0 Å². The summed E-state index contributed by atoms with van der Waals surface area (Å²) in [5.74, 6) is -0.770. The van der Waals surface area contributed by atoms with E-state index in [-0.39, 0.29) is 0 Å². The average molecular weight is 263 g/mol. The van der Waals surface area contributed by atoms with Crippen LogP contribution in [0.25, 0.3) is 0 Å². The van der Waals surface area contributed by atoms with Crippen LogP contribution < -0.4 is 10.6 Å². The van der Waals surface area contributed by atoms with Crippen molar-refractivity contribution in [3.05, 3.63) is 24.3 Å². The second-order valence-electron chi connectivity index (χ2n) is 5.43. The van der Waals surface area contributed by atoms with Gasteiger partial charge in [-0.3, -0.25) is 9.69 Å². The first-order valence-corrected chi connectivity index (χ1v) is 6.50. The lowest BCUT2D eigenvalue weighted by Gasteiger charge is -2.42.